The highest BCUT2D eigenvalue weighted by atomic mass is 16.3. The van der Waals surface area contributed by atoms with Gasteiger partial charge in [0.05, 0.1) is 17.2 Å². The van der Waals surface area contributed by atoms with Crippen LogP contribution in [-0.4, -0.2) is 87.1 Å². The Kier molecular flexibility index (Phi) is 4.03. The highest BCUT2D eigenvalue weighted by Gasteiger charge is 2.57. The molecular weight excluding hydrogens is 328 g/mol. The lowest BCUT2D eigenvalue weighted by atomic mass is 9.82. The van der Waals surface area contributed by atoms with Crippen LogP contribution in [-0.2, 0) is 0 Å². The molecule has 4 aliphatic rings. The maximum atomic E-state index is 13.0. The summed E-state index contributed by atoms with van der Waals surface area (Å²) in [4.78, 5) is 24.3. The van der Waals surface area contributed by atoms with Crippen molar-refractivity contribution in [3.05, 3.63) is 30.1 Å². The molecule has 1 aromatic rings. The van der Waals surface area contributed by atoms with Crippen LogP contribution in [0.15, 0.2) is 24.5 Å². The van der Waals surface area contributed by atoms with E-state index in [1.54, 1.807) is 12.4 Å². The van der Waals surface area contributed by atoms with Gasteiger partial charge in [-0.3, -0.25) is 19.6 Å². The van der Waals surface area contributed by atoms with Crippen LogP contribution in [0.4, 0.5) is 0 Å². The number of hydrogen-bond acceptors (Lipinski definition) is 5. The Morgan fingerprint density at radius 2 is 1.96 bits per heavy atom. The maximum absolute atomic E-state index is 13.0. The Morgan fingerprint density at radius 1 is 1.15 bits per heavy atom. The summed E-state index contributed by atoms with van der Waals surface area (Å²) in [5.74, 6) is 0.0813. The SMILES string of the molecule is O=C(c1cccnc1)N1C[C@@H]2C[C@@H](O)CN2C2(C1)CN(C1CCCC1)C2. The lowest BCUT2D eigenvalue weighted by Gasteiger charge is -2.62. The number of nitrogens with zero attached hydrogens (tertiary/aromatic N) is 4. The molecule has 5 rings (SSSR count). The number of fused-ring (bicyclic) bond motifs is 2. The van der Waals surface area contributed by atoms with Crippen LogP contribution in [0.1, 0.15) is 42.5 Å². The fourth-order valence-corrected chi connectivity index (χ4v) is 5.76. The van der Waals surface area contributed by atoms with E-state index >= 15 is 0 Å². The number of rotatable bonds is 2. The third-order valence-electron chi connectivity index (χ3n) is 6.95. The number of piperazine rings is 1. The zero-order chi connectivity index (χ0) is 17.7. The topological polar surface area (TPSA) is 59.9 Å². The maximum Gasteiger partial charge on any atom is 0.255 e. The van der Waals surface area contributed by atoms with Crippen molar-refractivity contribution in [1.82, 2.24) is 19.7 Å². The van der Waals surface area contributed by atoms with E-state index in [-0.39, 0.29) is 23.6 Å². The monoisotopic (exact) mass is 356 g/mol. The van der Waals surface area contributed by atoms with Crippen molar-refractivity contribution in [3.8, 4) is 0 Å². The lowest BCUT2D eigenvalue weighted by Crippen LogP contribution is -2.79. The molecule has 140 valence electrons. The van der Waals surface area contributed by atoms with E-state index < -0.39 is 0 Å². The van der Waals surface area contributed by atoms with Crippen LogP contribution < -0.4 is 0 Å². The van der Waals surface area contributed by atoms with Crippen molar-refractivity contribution in [2.45, 2.75) is 55.8 Å². The Morgan fingerprint density at radius 3 is 2.69 bits per heavy atom. The van der Waals surface area contributed by atoms with Crippen molar-refractivity contribution in [2.75, 3.05) is 32.7 Å². The number of likely N-dealkylation sites (tertiary alicyclic amines) is 1. The number of β-amino-alcohol motifs (C(OH)–C–C–N with tert-alkyl or cyclic N) is 1. The van der Waals surface area contributed by atoms with Gasteiger partial charge in [-0.1, -0.05) is 12.8 Å². The summed E-state index contributed by atoms with van der Waals surface area (Å²) in [7, 11) is 0. The van der Waals surface area contributed by atoms with E-state index in [0.29, 0.717) is 5.56 Å². The Bertz CT molecular complexity index is 670. The predicted octanol–water partition coefficient (Wildman–Crippen LogP) is 0.970. The number of aromatic nitrogens is 1. The smallest absolute Gasteiger partial charge is 0.255 e. The van der Waals surface area contributed by atoms with E-state index in [0.717, 1.165) is 45.2 Å². The zero-order valence-electron chi connectivity index (χ0n) is 15.3. The molecule has 1 aliphatic carbocycles. The zero-order valence-corrected chi connectivity index (χ0v) is 15.3. The molecule has 3 saturated heterocycles. The third kappa shape index (κ3) is 2.66. The van der Waals surface area contributed by atoms with Crippen LogP contribution in [0.25, 0.3) is 0 Å². The lowest BCUT2D eigenvalue weighted by molar-refractivity contribution is -0.118. The van der Waals surface area contributed by atoms with Gasteiger partial charge in [-0.25, -0.2) is 0 Å². The first-order chi connectivity index (χ1) is 12.6. The van der Waals surface area contributed by atoms with Crippen LogP contribution >= 0.6 is 0 Å². The molecule has 2 atom stereocenters. The number of aliphatic hydroxyl groups is 1. The van der Waals surface area contributed by atoms with E-state index in [2.05, 4.69) is 14.8 Å². The molecule has 0 aromatic carbocycles. The molecule has 26 heavy (non-hydrogen) atoms. The normalized spacial score (nSPS) is 32.0. The molecule has 1 saturated carbocycles. The number of carbonyl (C=O) groups is 1. The van der Waals surface area contributed by atoms with Gasteiger partial charge < -0.3 is 10.0 Å². The number of pyridine rings is 1. The van der Waals surface area contributed by atoms with Crippen LogP contribution in [0.2, 0.25) is 0 Å². The van der Waals surface area contributed by atoms with E-state index in [1.165, 1.54) is 25.7 Å². The highest BCUT2D eigenvalue weighted by Crippen LogP contribution is 2.41. The highest BCUT2D eigenvalue weighted by molar-refractivity contribution is 5.94. The van der Waals surface area contributed by atoms with Crippen molar-refractivity contribution in [1.29, 1.82) is 0 Å². The van der Waals surface area contributed by atoms with Crippen molar-refractivity contribution < 1.29 is 9.90 Å². The fourth-order valence-electron chi connectivity index (χ4n) is 5.76. The van der Waals surface area contributed by atoms with Crippen LogP contribution in [0.3, 0.4) is 0 Å². The number of aliphatic hydroxyl groups excluding tert-OH is 1. The first-order valence-corrected chi connectivity index (χ1v) is 10.0. The second-order valence-corrected chi connectivity index (χ2v) is 8.69. The summed E-state index contributed by atoms with van der Waals surface area (Å²) < 4.78 is 0. The van der Waals surface area contributed by atoms with Crippen LogP contribution in [0, 0.1) is 0 Å². The van der Waals surface area contributed by atoms with Gasteiger partial charge in [-0.2, -0.15) is 0 Å². The summed E-state index contributed by atoms with van der Waals surface area (Å²) in [6.45, 7) is 4.33. The molecule has 3 aliphatic heterocycles. The molecule has 1 N–H and O–H groups in total. The molecule has 0 bridgehead atoms. The first kappa shape index (κ1) is 16.7. The van der Waals surface area contributed by atoms with Gasteiger partial charge in [-0.15, -0.1) is 0 Å². The van der Waals surface area contributed by atoms with E-state index in [4.69, 9.17) is 0 Å². The fraction of sp³-hybridized carbons (Fsp3) is 0.700. The molecule has 1 aromatic heterocycles. The molecule has 1 spiro atoms. The molecular formula is C20H28N4O2. The molecule has 0 unspecified atom stereocenters. The molecule has 0 radical (unpaired) electrons. The van der Waals surface area contributed by atoms with Gasteiger partial charge in [0.2, 0.25) is 0 Å². The predicted molar refractivity (Wildman–Crippen MR) is 97.8 cm³/mol. The Balaban J connectivity index is 1.36. The number of hydrogen-bond donors (Lipinski definition) is 1. The van der Waals surface area contributed by atoms with E-state index in [1.807, 2.05) is 17.0 Å². The van der Waals surface area contributed by atoms with Crippen LogP contribution in [0.5, 0.6) is 0 Å². The van der Waals surface area contributed by atoms with Crippen molar-refractivity contribution in [2.24, 2.45) is 0 Å². The van der Waals surface area contributed by atoms with Crippen molar-refractivity contribution >= 4 is 5.91 Å². The summed E-state index contributed by atoms with van der Waals surface area (Å²) in [6.07, 6.45) is 9.23. The third-order valence-corrected chi connectivity index (χ3v) is 6.95. The summed E-state index contributed by atoms with van der Waals surface area (Å²) in [5.41, 5.74) is 0.697. The largest absolute Gasteiger partial charge is 0.392 e. The number of carbonyl (C=O) groups excluding carboxylic acids is 1. The standard InChI is InChI=1S/C20H28N4O2/c25-18-8-17-10-22(19(26)15-4-3-7-21-9-15)12-20(24(17)11-18)13-23(14-20)16-5-1-2-6-16/h3-4,7,9,16-18,25H,1-2,5-6,8,10-14H2/t17-,18+/m0/s1. The second kappa shape index (κ2) is 6.29. The summed E-state index contributed by atoms with van der Waals surface area (Å²) in [6, 6.07) is 4.69. The van der Waals surface area contributed by atoms with E-state index in [9.17, 15) is 9.90 Å². The van der Waals surface area contributed by atoms with Gasteiger partial charge >= 0.3 is 0 Å². The number of amides is 1. The summed E-state index contributed by atoms with van der Waals surface area (Å²) in [5, 5.41) is 10.3. The molecule has 4 heterocycles. The van der Waals surface area contributed by atoms with Gasteiger partial charge in [0, 0.05) is 57.2 Å². The van der Waals surface area contributed by atoms with Gasteiger partial charge in [0.25, 0.3) is 5.91 Å². The second-order valence-electron chi connectivity index (χ2n) is 8.69. The molecule has 4 fully saturated rings. The average molecular weight is 356 g/mol. The van der Waals surface area contributed by atoms with Gasteiger partial charge in [-0.05, 0) is 31.4 Å². The first-order valence-electron chi connectivity index (χ1n) is 10.0. The minimum Gasteiger partial charge on any atom is -0.392 e. The Hall–Kier alpha value is -1.50. The molecule has 6 heteroatoms. The summed E-state index contributed by atoms with van der Waals surface area (Å²) >= 11 is 0. The average Bonchev–Trinajstić information content (AvgIpc) is 3.27. The Labute approximate surface area is 154 Å². The van der Waals surface area contributed by atoms with Gasteiger partial charge in [0.15, 0.2) is 0 Å². The minimum absolute atomic E-state index is 0.0286. The molecule has 1 amide bonds. The quantitative estimate of drug-likeness (QED) is 0.856. The molecule has 6 nitrogen and oxygen atoms in total. The van der Waals surface area contributed by atoms with Crippen molar-refractivity contribution in [3.63, 3.8) is 0 Å². The minimum atomic E-state index is -0.258. The van der Waals surface area contributed by atoms with Gasteiger partial charge in [0.1, 0.15) is 0 Å².